The molecule has 4 rings (SSSR count). The van der Waals surface area contributed by atoms with Crippen LogP contribution in [0.15, 0.2) is 36.5 Å². The number of halogens is 1. The number of fused-ring (bicyclic) bond motifs is 1. The van der Waals surface area contributed by atoms with Gasteiger partial charge in [0.1, 0.15) is 12.2 Å². The normalized spacial score (nSPS) is 21.2. The second-order valence-electron chi connectivity index (χ2n) is 6.92. The molecule has 0 radical (unpaired) electrons. The first kappa shape index (κ1) is 19.9. The van der Waals surface area contributed by atoms with Gasteiger partial charge >= 0.3 is 5.97 Å². The van der Waals surface area contributed by atoms with Gasteiger partial charge in [-0.25, -0.2) is 9.78 Å². The van der Waals surface area contributed by atoms with Crippen molar-refractivity contribution >= 4 is 29.1 Å². The van der Waals surface area contributed by atoms with Gasteiger partial charge in [0.15, 0.2) is 17.9 Å². The van der Waals surface area contributed by atoms with Gasteiger partial charge < -0.3 is 23.8 Å². The van der Waals surface area contributed by atoms with E-state index >= 15 is 0 Å². The maximum Gasteiger partial charge on any atom is 0.341 e. The SMILES string of the molecule is COC(=O)c1cccc2c1OCC(CO[C@@H]1CCCCO1)N2c1ncccc1Cl. The Kier molecular flexibility index (Phi) is 6.18. The van der Waals surface area contributed by atoms with Gasteiger partial charge in [0.25, 0.3) is 0 Å². The van der Waals surface area contributed by atoms with E-state index < -0.39 is 5.97 Å². The number of nitrogens with zero attached hydrogens (tertiary/aromatic N) is 2. The molecule has 1 saturated heterocycles. The number of hydrogen-bond acceptors (Lipinski definition) is 7. The second kappa shape index (κ2) is 8.98. The van der Waals surface area contributed by atoms with E-state index in [1.165, 1.54) is 7.11 Å². The molecule has 1 unspecified atom stereocenters. The largest absolute Gasteiger partial charge is 0.488 e. The minimum absolute atomic E-state index is 0.187. The highest BCUT2D eigenvalue weighted by Gasteiger charge is 2.34. The van der Waals surface area contributed by atoms with Crippen LogP contribution in [0.25, 0.3) is 0 Å². The molecule has 0 saturated carbocycles. The molecule has 0 N–H and O–H groups in total. The highest BCUT2D eigenvalue weighted by atomic mass is 35.5. The summed E-state index contributed by atoms with van der Waals surface area (Å²) >= 11 is 6.47. The zero-order valence-electron chi connectivity index (χ0n) is 16.2. The summed E-state index contributed by atoms with van der Waals surface area (Å²) in [6.07, 6.45) is 4.50. The predicted octanol–water partition coefficient (Wildman–Crippen LogP) is 3.96. The van der Waals surface area contributed by atoms with Gasteiger partial charge in [-0.2, -0.15) is 0 Å². The fourth-order valence-electron chi connectivity index (χ4n) is 3.61. The molecule has 0 spiro atoms. The average molecular weight is 419 g/mol. The van der Waals surface area contributed by atoms with Crippen LogP contribution in [0.5, 0.6) is 5.75 Å². The van der Waals surface area contributed by atoms with Crippen LogP contribution in [0.1, 0.15) is 29.6 Å². The number of rotatable bonds is 5. The second-order valence-corrected chi connectivity index (χ2v) is 7.33. The van der Waals surface area contributed by atoms with Crippen LogP contribution in [-0.2, 0) is 14.2 Å². The maximum absolute atomic E-state index is 12.2. The average Bonchev–Trinajstić information content (AvgIpc) is 2.77. The number of carbonyl (C=O) groups is 1. The Labute approximate surface area is 174 Å². The van der Waals surface area contributed by atoms with Crippen molar-refractivity contribution in [3.05, 3.63) is 47.1 Å². The number of esters is 1. The van der Waals surface area contributed by atoms with E-state index in [2.05, 4.69) is 4.98 Å². The molecular formula is C21H23ClN2O5. The van der Waals surface area contributed by atoms with Crippen LogP contribution in [-0.4, -0.2) is 50.2 Å². The Balaban J connectivity index is 1.68. The third-order valence-corrected chi connectivity index (χ3v) is 5.32. The molecule has 2 atom stereocenters. The van der Waals surface area contributed by atoms with Gasteiger partial charge in [-0.3, -0.25) is 0 Å². The Bertz CT molecular complexity index is 872. The van der Waals surface area contributed by atoms with Crippen molar-refractivity contribution in [2.45, 2.75) is 31.6 Å². The number of anilines is 2. The van der Waals surface area contributed by atoms with E-state index in [9.17, 15) is 4.79 Å². The molecule has 2 aromatic rings. The molecule has 0 aliphatic carbocycles. The van der Waals surface area contributed by atoms with E-state index in [0.717, 1.165) is 19.3 Å². The molecule has 0 amide bonds. The predicted molar refractivity (Wildman–Crippen MR) is 108 cm³/mol. The summed E-state index contributed by atoms with van der Waals surface area (Å²) in [4.78, 5) is 18.7. The molecule has 29 heavy (non-hydrogen) atoms. The van der Waals surface area contributed by atoms with Gasteiger partial charge in [0.2, 0.25) is 0 Å². The fourth-order valence-corrected chi connectivity index (χ4v) is 3.83. The lowest BCUT2D eigenvalue weighted by Crippen LogP contribution is -2.45. The first-order valence-electron chi connectivity index (χ1n) is 9.66. The highest BCUT2D eigenvalue weighted by Crippen LogP contribution is 2.42. The Morgan fingerprint density at radius 1 is 1.31 bits per heavy atom. The third-order valence-electron chi connectivity index (χ3n) is 5.02. The van der Waals surface area contributed by atoms with Gasteiger partial charge in [0.05, 0.1) is 30.5 Å². The number of ether oxygens (including phenoxy) is 4. The van der Waals surface area contributed by atoms with Crippen LogP contribution < -0.4 is 9.64 Å². The van der Waals surface area contributed by atoms with Crippen molar-refractivity contribution in [2.24, 2.45) is 0 Å². The molecule has 0 bridgehead atoms. The lowest BCUT2D eigenvalue weighted by Gasteiger charge is -2.39. The van der Waals surface area contributed by atoms with E-state index in [-0.39, 0.29) is 12.3 Å². The summed E-state index contributed by atoms with van der Waals surface area (Å²) in [5, 5.41) is 0.503. The number of carbonyl (C=O) groups excluding carboxylic acids is 1. The lowest BCUT2D eigenvalue weighted by atomic mass is 10.1. The molecule has 3 heterocycles. The van der Waals surface area contributed by atoms with Gasteiger partial charge in [0, 0.05) is 12.8 Å². The number of aromatic nitrogens is 1. The molecule has 8 heteroatoms. The Morgan fingerprint density at radius 3 is 2.97 bits per heavy atom. The van der Waals surface area contributed by atoms with Crippen molar-refractivity contribution < 1.29 is 23.7 Å². The van der Waals surface area contributed by atoms with Crippen molar-refractivity contribution in [3.63, 3.8) is 0 Å². The molecule has 2 aliphatic heterocycles. The first-order chi connectivity index (χ1) is 14.2. The van der Waals surface area contributed by atoms with Crippen LogP contribution in [0.3, 0.4) is 0 Å². The van der Waals surface area contributed by atoms with Crippen LogP contribution >= 0.6 is 11.6 Å². The minimum Gasteiger partial charge on any atom is -0.488 e. The lowest BCUT2D eigenvalue weighted by molar-refractivity contribution is -0.165. The van der Waals surface area contributed by atoms with Crippen LogP contribution in [0, 0.1) is 0 Å². The van der Waals surface area contributed by atoms with Crippen LogP contribution in [0.4, 0.5) is 11.5 Å². The maximum atomic E-state index is 12.2. The zero-order valence-corrected chi connectivity index (χ0v) is 16.9. The zero-order chi connectivity index (χ0) is 20.2. The number of methoxy groups -OCH3 is 1. The molecule has 7 nitrogen and oxygen atoms in total. The van der Waals surface area contributed by atoms with Gasteiger partial charge in [-0.05, 0) is 43.5 Å². The Morgan fingerprint density at radius 2 is 2.21 bits per heavy atom. The molecule has 1 aromatic carbocycles. The number of pyridine rings is 1. The fraction of sp³-hybridized carbons (Fsp3) is 0.429. The van der Waals surface area contributed by atoms with Crippen molar-refractivity contribution in [2.75, 3.05) is 31.8 Å². The monoisotopic (exact) mass is 418 g/mol. The van der Waals surface area contributed by atoms with Gasteiger partial charge in [-0.15, -0.1) is 0 Å². The van der Waals surface area contributed by atoms with E-state index in [1.807, 2.05) is 11.0 Å². The number of benzene rings is 1. The molecule has 2 aliphatic rings. The first-order valence-corrected chi connectivity index (χ1v) is 10.0. The standard InChI is InChI=1S/C21H23ClN2O5/c1-26-21(25)15-6-4-8-17-19(15)29-13-14(12-28-18-9-2-3-11-27-18)24(17)20-16(22)7-5-10-23-20/h4-8,10,14,18H,2-3,9,11-13H2,1H3/t14?,18-/m1/s1. The molecule has 154 valence electrons. The summed E-state index contributed by atoms with van der Waals surface area (Å²) in [5.41, 5.74) is 1.05. The minimum atomic E-state index is -0.459. The van der Waals surface area contributed by atoms with Crippen LogP contribution in [0.2, 0.25) is 5.02 Å². The smallest absolute Gasteiger partial charge is 0.341 e. The van der Waals surface area contributed by atoms with Gasteiger partial charge in [-0.1, -0.05) is 17.7 Å². The number of para-hydroxylation sites is 1. The summed E-state index contributed by atoms with van der Waals surface area (Å²) in [5.74, 6) is 0.573. The van der Waals surface area contributed by atoms with Crippen molar-refractivity contribution in [1.29, 1.82) is 0 Å². The summed E-state index contributed by atoms with van der Waals surface area (Å²) in [6, 6.07) is 8.70. The topological polar surface area (TPSA) is 70.1 Å². The molecule has 1 fully saturated rings. The molecular weight excluding hydrogens is 396 g/mol. The van der Waals surface area contributed by atoms with E-state index in [1.54, 1.807) is 30.5 Å². The summed E-state index contributed by atoms with van der Waals surface area (Å²) in [6.45, 7) is 1.40. The Hall–Kier alpha value is -2.35. The number of hydrogen-bond donors (Lipinski definition) is 0. The van der Waals surface area contributed by atoms with E-state index in [0.29, 0.717) is 47.7 Å². The molecule has 1 aromatic heterocycles. The summed E-state index contributed by atoms with van der Waals surface area (Å²) in [7, 11) is 1.35. The van der Waals surface area contributed by atoms with Crippen molar-refractivity contribution in [3.8, 4) is 5.75 Å². The summed E-state index contributed by atoms with van der Waals surface area (Å²) < 4.78 is 22.6. The van der Waals surface area contributed by atoms with E-state index in [4.69, 9.17) is 30.5 Å². The van der Waals surface area contributed by atoms with Crippen molar-refractivity contribution in [1.82, 2.24) is 4.98 Å². The third kappa shape index (κ3) is 4.17. The quantitative estimate of drug-likeness (QED) is 0.680. The highest BCUT2D eigenvalue weighted by molar-refractivity contribution is 6.33.